The highest BCUT2D eigenvalue weighted by molar-refractivity contribution is 6.04. The summed E-state index contributed by atoms with van der Waals surface area (Å²) in [6, 6.07) is 18.3. The maximum Gasteiger partial charge on any atom is 0.410 e. The first-order valence-electron chi connectivity index (χ1n) is 15.7. The summed E-state index contributed by atoms with van der Waals surface area (Å²) in [5.41, 5.74) is 3.43. The number of pyridine rings is 1. The molecule has 2 N–H and O–H groups in total. The molecule has 46 heavy (non-hydrogen) atoms. The molecule has 0 aliphatic carbocycles. The molecule has 240 valence electrons. The molecule has 3 amide bonds. The summed E-state index contributed by atoms with van der Waals surface area (Å²) in [5, 5.41) is 12.9. The predicted molar refractivity (Wildman–Crippen MR) is 171 cm³/mol. The van der Waals surface area contributed by atoms with Crippen molar-refractivity contribution in [2.24, 2.45) is 0 Å². The van der Waals surface area contributed by atoms with Crippen molar-refractivity contribution >= 4 is 35.1 Å². The van der Waals surface area contributed by atoms with Gasteiger partial charge in [0.2, 0.25) is 5.95 Å². The van der Waals surface area contributed by atoms with Gasteiger partial charge >= 0.3 is 12.2 Å². The Bertz CT molecular complexity index is 1700. The lowest BCUT2D eigenvalue weighted by molar-refractivity contribution is 0.0641. The molecule has 4 aromatic rings. The minimum atomic E-state index is -0.973. The van der Waals surface area contributed by atoms with E-state index in [1.54, 1.807) is 23.2 Å². The Morgan fingerprint density at radius 2 is 1.76 bits per heavy atom. The van der Waals surface area contributed by atoms with Gasteiger partial charge in [-0.05, 0) is 56.0 Å². The van der Waals surface area contributed by atoms with E-state index in [2.05, 4.69) is 10.3 Å². The molecule has 0 radical (unpaired) electrons. The van der Waals surface area contributed by atoms with Gasteiger partial charge < -0.3 is 28.9 Å². The Morgan fingerprint density at radius 1 is 0.957 bits per heavy atom. The summed E-state index contributed by atoms with van der Waals surface area (Å²) in [7, 11) is 0. The number of nitrogens with one attached hydrogen (secondary N) is 1. The van der Waals surface area contributed by atoms with Gasteiger partial charge in [-0.1, -0.05) is 36.4 Å². The first-order valence-corrected chi connectivity index (χ1v) is 15.7. The van der Waals surface area contributed by atoms with E-state index in [1.807, 2.05) is 60.0 Å². The van der Waals surface area contributed by atoms with Gasteiger partial charge in [0.25, 0.3) is 5.91 Å². The third-order valence-corrected chi connectivity index (χ3v) is 8.54. The first kappa shape index (κ1) is 30.9. The number of hydrogen-bond donors (Lipinski definition) is 2. The van der Waals surface area contributed by atoms with Gasteiger partial charge in [0.05, 0.1) is 11.6 Å². The van der Waals surface area contributed by atoms with Gasteiger partial charge in [0.15, 0.2) is 0 Å². The zero-order valence-electron chi connectivity index (χ0n) is 25.8. The van der Waals surface area contributed by atoms with Crippen LogP contribution in [0.25, 0.3) is 11.0 Å². The fourth-order valence-electron chi connectivity index (χ4n) is 6.17. The second-order valence-corrected chi connectivity index (χ2v) is 11.8. The number of ether oxygens (including phenoxy) is 2. The van der Waals surface area contributed by atoms with Gasteiger partial charge in [0, 0.05) is 56.5 Å². The number of benzene rings is 2. The number of aryl methyl sites for hydroxylation is 1. The van der Waals surface area contributed by atoms with Crippen LogP contribution in [0.5, 0.6) is 5.75 Å². The number of para-hydroxylation sites is 1. The van der Waals surface area contributed by atoms with Crippen molar-refractivity contribution in [2.75, 3.05) is 31.5 Å². The molecule has 0 unspecified atom stereocenters. The number of fused-ring (bicyclic) bond motifs is 1. The van der Waals surface area contributed by atoms with Crippen molar-refractivity contribution in [2.45, 2.75) is 57.8 Å². The Labute approximate surface area is 266 Å². The Morgan fingerprint density at radius 3 is 2.52 bits per heavy atom. The number of carboxylic acid groups (broad SMARTS) is 1. The molecular weight excluding hydrogens is 588 g/mol. The number of imidazole rings is 1. The smallest absolute Gasteiger partial charge is 0.410 e. The Kier molecular flexibility index (Phi) is 9.32. The van der Waals surface area contributed by atoms with E-state index in [0.717, 1.165) is 18.4 Å². The molecule has 2 saturated heterocycles. The average Bonchev–Trinajstić information content (AvgIpc) is 3.25. The van der Waals surface area contributed by atoms with E-state index in [9.17, 15) is 19.5 Å². The van der Waals surface area contributed by atoms with Gasteiger partial charge in [-0.25, -0.2) is 14.6 Å². The highest BCUT2D eigenvalue weighted by Crippen LogP contribution is 2.36. The third-order valence-electron chi connectivity index (χ3n) is 8.54. The lowest BCUT2D eigenvalue weighted by Crippen LogP contribution is -2.42. The summed E-state index contributed by atoms with van der Waals surface area (Å²) in [5.74, 6) is 0.597. The maximum atomic E-state index is 13.4. The summed E-state index contributed by atoms with van der Waals surface area (Å²) in [6.07, 6.45) is 3.64. The van der Waals surface area contributed by atoms with E-state index in [1.165, 1.54) is 4.90 Å². The topological polar surface area (TPSA) is 139 Å². The molecule has 2 aliphatic rings. The number of piperidine rings is 1. The quantitative estimate of drug-likeness (QED) is 0.259. The highest BCUT2D eigenvalue weighted by Gasteiger charge is 2.30. The predicted octanol–water partition coefficient (Wildman–Crippen LogP) is 5.88. The summed E-state index contributed by atoms with van der Waals surface area (Å²) < 4.78 is 14.1. The molecule has 0 bridgehead atoms. The van der Waals surface area contributed by atoms with Crippen LogP contribution < -0.4 is 10.1 Å². The van der Waals surface area contributed by atoms with Gasteiger partial charge in [-0.3, -0.25) is 15.1 Å². The van der Waals surface area contributed by atoms with E-state index < -0.39 is 6.09 Å². The molecule has 2 fully saturated rings. The monoisotopic (exact) mass is 626 g/mol. The van der Waals surface area contributed by atoms with E-state index in [4.69, 9.17) is 14.5 Å². The summed E-state index contributed by atoms with van der Waals surface area (Å²) in [4.78, 5) is 50.2. The van der Waals surface area contributed by atoms with Gasteiger partial charge in [-0.2, -0.15) is 0 Å². The van der Waals surface area contributed by atoms with E-state index in [0.29, 0.717) is 72.9 Å². The minimum absolute atomic E-state index is 0.158. The molecule has 2 aliphatic heterocycles. The number of amides is 3. The van der Waals surface area contributed by atoms with Crippen LogP contribution in [0.3, 0.4) is 0 Å². The molecule has 12 nitrogen and oxygen atoms in total. The number of likely N-dealkylation sites (tertiary alicyclic amines) is 2. The molecule has 4 heterocycles. The van der Waals surface area contributed by atoms with Crippen molar-refractivity contribution in [3.8, 4) is 5.75 Å². The number of anilines is 1. The van der Waals surface area contributed by atoms with Crippen LogP contribution in [0, 0.1) is 6.92 Å². The van der Waals surface area contributed by atoms with Gasteiger partial charge in [0.1, 0.15) is 24.0 Å². The number of carbonyl (C=O) groups is 3. The lowest BCUT2D eigenvalue weighted by atomic mass is 10.1. The lowest BCUT2D eigenvalue weighted by Gasteiger charge is -2.32. The molecule has 12 heteroatoms. The Hall–Kier alpha value is -5.13. The first-order chi connectivity index (χ1) is 22.4. The SMILES string of the molecule is Cc1cc(C(=O)Nc2nc3cccc(OC4CCN(C(=O)OCc5ccccc5)CC4)c3n2[C@@H]2CCCCN(C(=O)O)C2)ccn1. The molecule has 0 saturated carbocycles. The number of hydrogen-bond acceptors (Lipinski definition) is 7. The van der Waals surface area contributed by atoms with Crippen molar-refractivity contribution in [3.63, 3.8) is 0 Å². The molecule has 1 atom stereocenters. The Balaban J connectivity index is 1.24. The van der Waals surface area contributed by atoms with Crippen LogP contribution in [0.4, 0.5) is 15.5 Å². The van der Waals surface area contributed by atoms with Crippen LogP contribution in [0.1, 0.15) is 59.8 Å². The fraction of sp³-hybridized carbons (Fsp3) is 0.382. The van der Waals surface area contributed by atoms with Crippen molar-refractivity contribution in [1.29, 1.82) is 0 Å². The van der Waals surface area contributed by atoms with Crippen molar-refractivity contribution in [1.82, 2.24) is 24.3 Å². The highest BCUT2D eigenvalue weighted by atomic mass is 16.6. The second kappa shape index (κ2) is 13.9. The van der Waals surface area contributed by atoms with Gasteiger partial charge in [-0.15, -0.1) is 0 Å². The van der Waals surface area contributed by atoms with Crippen LogP contribution in [0.2, 0.25) is 0 Å². The molecule has 0 spiro atoms. The summed E-state index contributed by atoms with van der Waals surface area (Å²) in [6.45, 7) is 3.75. The van der Waals surface area contributed by atoms with Crippen molar-refractivity contribution in [3.05, 3.63) is 83.7 Å². The minimum Gasteiger partial charge on any atom is -0.488 e. The van der Waals surface area contributed by atoms with Crippen LogP contribution in [0.15, 0.2) is 66.9 Å². The van der Waals surface area contributed by atoms with Crippen molar-refractivity contribution < 1.29 is 29.0 Å². The molecule has 2 aromatic carbocycles. The van der Waals surface area contributed by atoms with Crippen LogP contribution >= 0.6 is 0 Å². The molecule has 2 aromatic heterocycles. The number of nitrogens with zero attached hydrogens (tertiary/aromatic N) is 5. The maximum absolute atomic E-state index is 13.4. The molecular formula is C34H38N6O6. The van der Waals surface area contributed by atoms with Crippen LogP contribution in [-0.4, -0.2) is 79.8 Å². The second-order valence-electron chi connectivity index (χ2n) is 11.8. The number of aromatic nitrogens is 3. The largest absolute Gasteiger partial charge is 0.488 e. The summed E-state index contributed by atoms with van der Waals surface area (Å²) >= 11 is 0. The standard InChI is InChI=1S/C34H38N6O6/c1-23-20-25(13-16-35-23)31(41)37-32-36-28-11-7-12-29(30(28)40(32)26-10-5-6-17-39(21-26)33(42)43)46-27-14-18-38(19-15-27)34(44)45-22-24-8-3-2-4-9-24/h2-4,7-9,11-13,16,20,26-27H,5-6,10,14-15,17-19,21-22H2,1H3,(H,42,43)(H,36,37,41)/t26-/m1/s1. The fourth-order valence-corrected chi connectivity index (χ4v) is 6.17. The number of rotatable bonds is 7. The van der Waals surface area contributed by atoms with Crippen LogP contribution in [-0.2, 0) is 11.3 Å². The average molecular weight is 627 g/mol. The van der Waals surface area contributed by atoms with E-state index in [-0.39, 0.29) is 37.3 Å². The molecule has 6 rings (SSSR count). The zero-order valence-corrected chi connectivity index (χ0v) is 25.8. The third kappa shape index (κ3) is 7.06. The normalized spacial score (nSPS) is 17.4. The number of carbonyl (C=O) groups excluding carboxylic acids is 2. The van der Waals surface area contributed by atoms with E-state index >= 15 is 0 Å². The zero-order chi connectivity index (χ0) is 32.0.